The van der Waals surface area contributed by atoms with Crippen molar-refractivity contribution in [2.45, 2.75) is 53.0 Å². The van der Waals surface area contributed by atoms with Crippen molar-refractivity contribution in [3.63, 3.8) is 0 Å². The van der Waals surface area contributed by atoms with Crippen LogP contribution in [0.5, 0.6) is 0 Å². The Hall–Kier alpha value is -1.82. The molecule has 0 amide bonds. The number of fused-ring (bicyclic) bond motifs is 1. The van der Waals surface area contributed by atoms with Crippen molar-refractivity contribution in [1.29, 1.82) is 0 Å². The predicted molar refractivity (Wildman–Crippen MR) is 127 cm³/mol. The second-order valence-electron chi connectivity index (χ2n) is 7.98. The highest BCUT2D eigenvalue weighted by molar-refractivity contribution is 6.36. The van der Waals surface area contributed by atoms with Crippen molar-refractivity contribution >= 4 is 40.1 Å². The average Bonchev–Trinajstić information content (AvgIpc) is 3.04. The second kappa shape index (κ2) is 9.13. The van der Waals surface area contributed by atoms with Gasteiger partial charge in [-0.1, -0.05) is 44.0 Å². The number of aryl methyl sites for hydroxylation is 1. The van der Waals surface area contributed by atoms with E-state index in [-0.39, 0.29) is 12.0 Å². The summed E-state index contributed by atoms with van der Waals surface area (Å²) in [6, 6.07) is 2.11. The standard InChI is InChI=1S/C23H30Cl2N4O/c1-8-15-18(25)22-20(13(4)10-29(22)14(5)11-30-7)27-21(15)16-9-17(24)19(12(2)3)28-23(16)26-6/h9-10,12,14H,8,11H2,1-7H3,(H,26,28)/t14-/m1/s1. The van der Waals surface area contributed by atoms with Gasteiger partial charge in [-0.15, -0.1) is 0 Å². The summed E-state index contributed by atoms with van der Waals surface area (Å²) in [7, 11) is 3.57. The molecule has 3 aromatic heterocycles. The summed E-state index contributed by atoms with van der Waals surface area (Å²) >= 11 is 13.6. The maximum atomic E-state index is 7.00. The van der Waals surface area contributed by atoms with Crippen LogP contribution in [0.1, 0.15) is 56.5 Å². The Kier molecular flexibility index (Phi) is 6.95. The maximum Gasteiger partial charge on any atom is 0.135 e. The zero-order valence-corrected chi connectivity index (χ0v) is 20.2. The molecule has 0 aliphatic rings. The minimum absolute atomic E-state index is 0.148. The first-order valence-corrected chi connectivity index (χ1v) is 11.1. The molecule has 1 atom stereocenters. The summed E-state index contributed by atoms with van der Waals surface area (Å²) in [6.07, 6.45) is 2.84. The molecular weight excluding hydrogens is 419 g/mol. The van der Waals surface area contributed by atoms with Crippen LogP contribution in [0.25, 0.3) is 22.3 Å². The Balaban J connectivity index is 2.33. The predicted octanol–water partition coefficient (Wildman–Crippen LogP) is 6.65. The summed E-state index contributed by atoms with van der Waals surface area (Å²) in [5.41, 5.74) is 6.45. The lowest BCUT2D eigenvalue weighted by Crippen LogP contribution is -2.11. The Morgan fingerprint density at radius 2 is 1.90 bits per heavy atom. The lowest BCUT2D eigenvalue weighted by atomic mass is 10.0. The lowest BCUT2D eigenvalue weighted by molar-refractivity contribution is 0.164. The third kappa shape index (κ3) is 3.91. The van der Waals surface area contributed by atoms with E-state index in [9.17, 15) is 0 Å². The highest BCUT2D eigenvalue weighted by Crippen LogP contribution is 2.40. The number of hydrogen-bond donors (Lipinski definition) is 1. The van der Waals surface area contributed by atoms with E-state index in [1.165, 1.54) is 0 Å². The molecule has 0 aliphatic heterocycles. The van der Waals surface area contributed by atoms with Gasteiger partial charge >= 0.3 is 0 Å². The molecule has 0 spiro atoms. The minimum atomic E-state index is 0.148. The van der Waals surface area contributed by atoms with Gasteiger partial charge in [-0.05, 0) is 43.4 Å². The van der Waals surface area contributed by atoms with Crippen LogP contribution in [0.3, 0.4) is 0 Å². The van der Waals surface area contributed by atoms with Crippen molar-refractivity contribution in [2.24, 2.45) is 0 Å². The summed E-state index contributed by atoms with van der Waals surface area (Å²) in [5.74, 6) is 0.979. The van der Waals surface area contributed by atoms with Crippen molar-refractivity contribution in [3.05, 3.63) is 39.1 Å². The number of aromatic nitrogens is 3. The third-order valence-corrected chi connectivity index (χ3v) is 6.16. The van der Waals surface area contributed by atoms with Crippen LogP contribution in [0.2, 0.25) is 10.0 Å². The SMILES string of the molecule is CCc1c(-c2cc(Cl)c(C(C)C)nc2NC)nc2c(C)cn([C@H](C)COC)c2c1Cl. The fourth-order valence-electron chi connectivity index (χ4n) is 3.92. The fraction of sp³-hybridized carbons (Fsp3) is 0.478. The number of rotatable bonds is 7. The zero-order valence-electron chi connectivity index (χ0n) is 18.7. The van der Waals surface area contributed by atoms with Crippen LogP contribution < -0.4 is 5.32 Å². The monoisotopic (exact) mass is 448 g/mol. The van der Waals surface area contributed by atoms with Crippen molar-refractivity contribution in [1.82, 2.24) is 14.5 Å². The third-order valence-electron chi connectivity index (χ3n) is 5.45. The van der Waals surface area contributed by atoms with E-state index >= 15 is 0 Å². The molecule has 0 radical (unpaired) electrons. The van der Waals surface area contributed by atoms with E-state index in [1.54, 1.807) is 7.11 Å². The number of hydrogen-bond acceptors (Lipinski definition) is 4. The largest absolute Gasteiger partial charge is 0.383 e. The first-order valence-electron chi connectivity index (χ1n) is 10.3. The molecule has 3 rings (SSSR count). The van der Waals surface area contributed by atoms with Gasteiger partial charge in [0.15, 0.2) is 0 Å². The van der Waals surface area contributed by atoms with E-state index in [0.717, 1.165) is 56.4 Å². The van der Waals surface area contributed by atoms with Gasteiger partial charge in [0.05, 0.1) is 45.1 Å². The molecule has 0 bridgehead atoms. The van der Waals surface area contributed by atoms with Gasteiger partial charge in [-0.3, -0.25) is 0 Å². The van der Waals surface area contributed by atoms with E-state index < -0.39 is 0 Å². The lowest BCUT2D eigenvalue weighted by Gasteiger charge is -2.19. The topological polar surface area (TPSA) is 52.0 Å². The van der Waals surface area contributed by atoms with Crippen molar-refractivity contribution in [3.8, 4) is 11.3 Å². The fourth-order valence-corrected chi connectivity index (χ4v) is 4.70. The number of anilines is 1. The van der Waals surface area contributed by atoms with E-state index in [1.807, 2.05) is 13.1 Å². The minimum Gasteiger partial charge on any atom is -0.383 e. The van der Waals surface area contributed by atoms with Gasteiger partial charge in [-0.25, -0.2) is 9.97 Å². The molecule has 0 unspecified atom stereocenters. The molecule has 0 saturated carbocycles. The molecule has 30 heavy (non-hydrogen) atoms. The van der Waals surface area contributed by atoms with Crippen LogP contribution in [0, 0.1) is 6.92 Å². The number of nitrogens with one attached hydrogen (secondary N) is 1. The Labute approximate surface area is 188 Å². The van der Waals surface area contributed by atoms with Gasteiger partial charge in [-0.2, -0.15) is 0 Å². The number of nitrogens with zero attached hydrogens (tertiary/aromatic N) is 3. The number of methoxy groups -OCH3 is 1. The number of ether oxygens (including phenoxy) is 1. The summed E-state index contributed by atoms with van der Waals surface area (Å²) < 4.78 is 7.53. The Bertz CT molecular complexity index is 1080. The Morgan fingerprint density at radius 1 is 1.20 bits per heavy atom. The molecule has 0 aliphatic carbocycles. The highest BCUT2D eigenvalue weighted by atomic mass is 35.5. The molecule has 3 heterocycles. The molecule has 0 saturated heterocycles. The molecular formula is C23H30Cl2N4O. The smallest absolute Gasteiger partial charge is 0.135 e. The zero-order chi connectivity index (χ0) is 22.2. The quantitative estimate of drug-likeness (QED) is 0.439. The molecule has 162 valence electrons. The highest BCUT2D eigenvalue weighted by Gasteiger charge is 2.23. The van der Waals surface area contributed by atoms with Crippen LogP contribution in [-0.4, -0.2) is 35.3 Å². The van der Waals surface area contributed by atoms with E-state index in [4.69, 9.17) is 37.9 Å². The van der Waals surface area contributed by atoms with Crippen LogP contribution in [0.15, 0.2) is 12.3 Å². The van der Waals surface area contributed by atoms with Crippen LogP contribution in [0.4, 0.5) is 5.82 Å². The first-order chi connectivity index (χ1) is 14.2. The first kappa shape index (κ1) is 22.9. The normalized spacial score (nSPS) is 12.7. The molecule has 7 heteroatoms. The molecule has 3 aromatic rings. The van der Waals surface area contributed by atoms with Gasteiger partial charge in [0, 0.05) is 25.9 Å². The van der Waals surface area contributed by atoms with E-state index in [0.29, 0.717) is 11.6 Å². The molecule has 5 nitrogen and oxygen atoms in total. The number of halogens is 2. The van der Waals surface area contributed by atoms with Crippen LogP contribution in [-0.2, 0) is 11.2 Å². The average molecular weight is 449 g/mol. The summed E-state index contributed by atoms with van der Waals surface area (Å²) in [5, 5.41) is 4.58. The molecule has 0 aromatic carbocycles. The maximum absolute atomic E-state index is 7.00. The van der Waals surface area contributed by atoms with Crippen molar-refractivity contribution in [2.75, 3.05) is 26.1 Å². The Morgan fingerprint density at radius 3 is 2.47 bits per heavy atom. The molecule has 1 N–H and O–H groups in total. The second-order valence-corrected chi connectivity index (χ2v) is 8.77. The van der Waals surface area contributed by atoms with Crippen molar-refractivity contribution < 1.29 is 4.74 Å². The summed E-state index contributed by atoms with van der Waals surface area (Å²) in [4.78, 5) is 9.86. The van der Waals surface area contributed by atoms with E-state index in [2.05, 4.69) is 50.7 Å². The van der Waals surface area contributed by atoms with Gasteiger partial charge < -0.3 is 14.6 Å². The molecule has 0 fully saturated rings. The van der Waals surface area contributed by atoms with Gasteiger partial charge in [0.25, 0.3) is 0 Å². The van der Waals surface area contributed by atoms with Crippen LogP contribution >= 0.6 is 23.2 Å². The summed E-state index contributed by atoms with van der Waals surface area (Å²) in [6.45, 7) is 11.0. The van der Waals surface area contributed by atoms with Gasteiger partial charge in [0.1, 0.15) is 5.82 Å². The number of pyridine rings is 2. The van der Waals surface area contributed by atoms with Gasteiger partial charge in [0.2, 0.25) is 0 Å².